The van der Waals surface area contributed by atoms with Crippen molar-refractivity contribution in [1.82, 2.24) is 0 Å². The third-order valence-corrected chi connectivity index (χ3v) is 9.31. The van der Waals surface area contributed by atoms with E-state index in [-0.39, 0.29) is 22.7 Å². The molecule has 15 atom stereocenters. The molecule has 0 spiro atoms. The van der Waals surface area contributed by atoms with Crippen LogP contribution >= 0.6 is 0 Å². The van der Waals surface area contributed by atoms with E-state index in [0.29, 0.717) is 0 Å². The van der Waals surface area contributed by atoms with Crippen LogP contribution in [-0.4, -0.2) is 167 Å². The van der Waals surface area contributed by atoms with E-state index in [1.165, 1.54) is 31.2 Å². The monoisotopic (exact) mass is 756 g/mol. The van der Waals surface area contributed by atoms with Crippen molar-refractivity contribution in [1.29, 1.82) is 0 Å². The van der Waals surface area contributed by atoms with E-state index in [4.69, 9.17) is 32.8 Å². The van der Waals surface area contributed by atoms with Crippen LogP contribution in [0, 0.1) is 0 Å². The zero-order chi connectivity index (χ0) is 38.5. The molecule has 0 amide bonds. The molecule has 20 heteroatoms. The molecule has 4 heterocycles. The molecule has 6 rings (SSSR count). The van der Waals surface area contributed by atoms with E-state index in [0.717, 1.165) is 12.1 Å². The topological polar surface area (TPSA) is 328 Å². The molecule has 0 saturated carbocycles. The summed E-state index contributed by atoms with van der Waals surface area (Å²) in [7, 11) is 0. The van der Waals surface area contributed by atoms with Crippen LogP contribution in [0.1, 0.15) is 6.92 Å². The molecular weight excluding hydrogens is 716 g/mol. The van der Waals surface area contributed by atoms with Gasteiger partial charge in [0.15, 0.2) is 18.3 Å². The maximum Gasteiger partial charge on any atom is 0.239 e. The van der Waals surface area contributed by atoms with Crippen LogP contribution in [0.5, 0.6) is 23.0 Å². The van der Waals surface area contributed by atoms with Gasteiger partial charge in [0.25, 0.3) is 0 Å². The Labute approximate surface area is 298 Å². The standard InChI is InChI=1S/C33H40O20/c1-10-27(51-33-30(23(43)20(40)17(9-35)50-33)53-32-25(45)22(42)19(39)16(8-34)49-32)24(44)26(46)31(47-10)52-29-21(41)18-14(38)6-13(37)7-15(18)48-28(29)11-2-4-12(36)5-3-11/h2-7,10,16-17,19-20,22-27,30-40,42-46H,8-9H2,1H3. The van der Waals surface area contributed by atoms with E-state index in [2.05, 4.69) is 0 Å². The molecule has 53 heavy (non-hydrogen) atoms. The predicted molar refractivity (Wildman–Crippen MR) is 171 cm³/mol. The minimum atomic E-state index is -2.01. The molecule has 15 unspecified atom stereocenters. The van der Waals surface area contributed by atoms with E-state index >= 15 is 0 Å². The van der Waals surface area contributed by atoms with Gasteiger partial charge in [0.2, 0.25) is 17.5 Å². The smallest absolute Gasteiger partial charge is 0.239 e. The normalized spacial score (nSPS) is 37.8. The lowest BCUT2D eigenvalue weighted by Gasteiger charge is -2.48. The van der Waals surface area contributed by atoms with E-state index in [1.807, 2.05) is 0 Å². The number of rotatable bonds is 9. The summed E-state index contributed by atoms with van der Waals surface area (Å²) < 4.78 is 40.0. The number of benzene rings is 2. The van der Waals surface area contributed by atoms with Crippen molar-refractivity contribution >= 4 is 11.0 Å². The van der Waals surface area contributed by atoms with Crippen molar-refractivity contribution in [2.75, 3.05) is 13.2 Å². The Balaban J connectivity index is 1.27. The molecule has 3 fully saturated rings. The van der Waals surface area contributed by atoms with E-state index < -0.39 is 133 Å². The quantitative estimate of drug-likeness (QED) is 0.100. The Morgan fingerprint density at radius 1 is 0.642 bits per heavy atom. The van der Waals surface area contributed by atoms with Crippen LogP contribution < -0.4 is 10.2 Å². The lowest BCUT2D eigenvalue weighted by molar-refractivity contribution is -0.384. The molecule has 0 bridgehead atoms. The molecule has 3 saturated heterocycles. The molecule has 3 aliphatic heterocycles. The number of phenolic OH excluding ortho intramolecular Hbond substituents is 3. The summed E-state index contributed by atoms with van der Waals surface area (Å²) in [6, 6.07) is 7.26. The van der Waals surface area contributed by atoms with Crippen LogP contribution in [0.2, 0.25) is 0 Å². The average molecular weight is 757 g/mol. The first-order chi connectivity index (χ1) is 25.1. The molecule has 0 radical (unpaired) electrons. The number of ether oxygens (including phenoxy) is 6. The molecule has 0 aliphatic carbocycles. The van der Waals surface area contributed by atoms with Crippen LogP contribution in [0.3, 0.4) is 0 Å². The third-order valence-electron chi connectivity index (χ3n) is 9.31. The zero-order valence-electron chi connectivity index (χ0n) is 27.7. The van der Waals surface area contributed by atoms with Crippen LogP contribution in [0.25, 0.3) is 22.3 Å². The third kappa shape index (κ3) is 7.39. The van der Waals surface area contributed by atoms with Gasteiger partial charge >= 0.3 is 0 Å². The Hall–Kier alpha value is -3.71. The highest BCUT2D eigenvalue weighted by Gasteiger charge is 2.54. The number of aliphatic hydroxyl groups is 9. The minimum absolute atomic E-state index is 0.126. The Morgan fingerprint density at radius 2 is 1.21 bits per heavy atom. The summed E-state index contributed by atoms with van der Waals surface area (Å²) in [6.07, 6.45) is -26.2. The fourth-order valence-electron chi connectivity index (χ4n) is 6.39. The second-order valence-electron chi connectivity index (χ2n) is 12.9. The molecule has 292 valence electrons. The minimum Gasteiger partial charge on any atom is -0.508 e. The van der Waals surface area contributed by atoms with Crippen LogP contribution in [-0.2, 0) is 23.7 Å². The van der Waals surface area contributed by atoms with Gasteiger partial charge in [0, 0.05) is 17.7 Å². The second kappa shape index (κ2) is 15.6. The van der Waals surface area contributed by atoms with Crippen molar-refractivity contribution in [2.45, 2.75) is 99.0 Å². The fourth-order valence-corrected chi connectivity index (χ4v) is 6.39. The van der Waals surface area contributed by atoms with Gasteiger partial charge in [0.1, 0.15) is 95.4 Å². The Kier molecular flexibility index (Phi) is 11.5. The van der Waals surface area contributed by atoms with Gasteiger partial charge in [-0.2, -0.15) is 0 Å². The molecule has 1 aromatic heterocycles. The van der Waals surface area contributed by atoms with Gasteiger partial charge in [-0.1, -0.05) is 0 Å². The first kappa shape index (κ1) is 39.0. The highest BCUT2D eigenvalue weighted by atomic mass is 16.8. The van der Waals surface area contributed by atoms with Crippen molar-refractivity contribution in [3.05, 3.63) is 46.6 Å². The summed E-state index contributed by atoms with van der Waals surface area (Å²) in [5.74, 6) is -2.08. The average Bonchev–Trinajstić information content (AvgIpc) is 3.12. The number of phenols is 3. The summed E-state index contributed by atoms with van der Waals surface area (Å²) in [4.78, 5) is 13.7. The fraction of sp³-hybridized carbons (Fsp3) is 0.545. The number of aliphatic hydroxyl groups excluding tert-OH is 9. The number of hydrogen-bond acceptors (Lipinski definition) is 20. The lowest BCUT2D eigenvalue weighted by atomic mass is 9.96. The van der Waals surface area contributed by atoms with Crippen molar-refractivity contribution in [3.8, 4) is 34.3 Å². The number of hydrogen-bond donors (Lipinski definition) is 12. The summed E-state index contributed by atoms with van der Waals surface area (Å²) in [5, 5.41) is 124. The van der Waals surface area contributed by atoms with Gasteiger partial charge in [-0.25, -0.2) is 0 Å². The summed E-state index contributed by atoms with van der Waals surface area (Å²) in [6.45, 7) is -0.286. The van der Waals surface area contributed by atoms with Crippen LogP contribution in [0.15, 0.2) is 45.6 Å². The predicted octanol–water partition coefficient (Wildman–Crippen LogP) is -3.57. The molecule has 12 N–H and O–H groups in total. The van der Waals surface area contributed by atoms with Gasteiger partial charge in [-0.3, -0.25) is 4.79 Å². The first-order valence-corrected chi connectivity index (χ1v) is 16.4. The zero-order valence-corrected chi connectivity index (χ0v) is 27.7. The highest BCUT2D eigenvalue weighted by molar-refractivity contribution is 5.88. The van der Waals surface area contributed by atoms with E-state index in [9.17, 15) is 66.1 Å². The Morgan fingerprint density at radius 3 is 1.85 bits per heavy atom. The second-order valence-corrected chi connectivity index (χ2v) is 12.9. The van der Waals surface area contributed by atoms with Crippen molar-refractivity contribution in [2.24, 2.45) is 0 Å². The maximum absolute atomic E-state index is 13.7. The van der Waals surface area contributed by atoms with Crippen molar-refractivity contribution in [3.63, 3.8) is 0 Å². The largest absolute Gasteiger partial charge is 0.508 e. The van der Waals surface area contributed by atoms with Crippen LogP contribution in [0.4, 0.5) is 0 Å². The van der Waals surface area contributed by atoms with Gasteiger partial charge in [-0.05, 0) is 31.2 Å². The SMILES string of the molecule is CC1OC(Oc2c(-c3ccc(O)cc3)oc3cc(O)cc(O)c3c2=O)C(O)C(O)C1OC1OC(CO)C(O)C(O)C1OC1OC(CO)C(O)C(O)C1O. The van der Waals surface area contributed by atoms with Crippen molar-refractivity contribution < 1.29 is 94.1 Å². The van der Waals surface area contributed by atoms with Gasteiger partial charge in [-0.15, -0.1) is 0 Å². The number of fused-ring (bicyclic) bond motifs is 1. The van der Waals surface area contributed by atoms with Gasteiger partial charge in [0.05, 0.1) is 19.3 Å². The molecule has 2 aromatic carbocycles. The molecular formula is C33H40O20. The molecule has 3 aliphatic rings. The first-order valence-electron chi connectivity index (χ1n) is 16.4. The van der Waals surface area contributed by atoms with Gasteiger partial charge < -0.3 is 94.1 Å². The number of aromatic hydroxyl groups is 3. The summed E-state index contributed by atoms with van der Waals surface area (Å²) >= 11 is 0. The Bertz CT molecular complexity index is 1780. The lowest BCUT2D eigenvalue weighted by Crippen LogP contribution is -2.66. The molecule has 20 nitrogen and oxygen atoms in total. The highest BCUT2D eigenvalue weighted by Crippen LogP contribution is 2.38. The van der Waals surface area contributed by atoms with E-state index in [1.54, 1.807) is 0 Å². The summed E-state index contributed by atoms with van der Waals surface area (Å²) in [5.41, 5.74) is -1.02. The molecule has 3 aromatic rings. The maximum atomic E-state index is 13.7.